The van der Waals surface area contributed by atoms with Gasteiger partial charge >= 0.3 is 52.8 Å². The molecule has 0 saturated heterocycles. The fraction of sp³-hybridized carbons (Fsp3) is 1.00. The lowest BCUT2D eigenvalue weighted by molar-refractivity contribution is 0.122. The second kappa shape index (κ2) is 85.3. The zero-order valence-electron chi connectivity index (χ0n) is 46.1. The maximum atomic E-state index is 9.40. The third-order valence-corrected chi connectivity index (χ3v) is 23.2. The van der Waals surface area contributed by atoms with E-state index in [4.69, 9.17) is 102 Å². The number of hydrogen-bond donors (Lipinski definition) is 10. The Morgan fingerprint density at radius 1 is 0.257 bits per heavy atom. The van der Waals surface area contributed by atoms with Crippen LogP contribution in [0.4, 0.5) is 0 Å². The average Bonchev–Trinajstić information content (AvgIpc) is 3.48. The van der Waals surface area contributed by atoms with Gasteiger partial charge in [0.2, 0.25) is 0 Å². The summed E-state index contributed by atoms with van der Waals surface area (Å²) in [5.41, 5.74) is 31.7. The molecule has 24 nitrogen and oxygen atoms in total. The van der Waals surface area contributed by atoms with Gasteiger partial charge in [0.15, 0.2) is 0 Å². The standard InChI is InChI=1S/3C6H17NO3Si.2C5H15NO3Si.C4H13NO3Si.6HPS/c3*1-8-11(9-2,10-3)6-4-5-7;2*1-8-10(7,9-2)5-3-4-6;1-8-9(6,7)4-2-3-5;6*1-2/h3*4-7H2,1-3H3;2*7H,3-6H2,1-2H3;6-7H,2-5H2,1H3;6*1H. The van der Waals surface area contributed by atoms with Crippen LogP contribution >= 0.6 is 48.1 Å². The molecule has 456 valence electrons. The van der Waals surface area contributed by atoms with Crippen molar-refractivity contribution >= 4 is 172 Å². The van der Waals surface area contributed by atoms with E-state index < -0.39 is 52.8 Å². The number of rotatable bonds is 32. The third-order valence-electron chi connectivity index (χ3n) is 8.56. The van der Waals surface area contributed by atoms with Crippen LogP contribution in [0, 0.1) is 0 Å². The van der Waals surface area contributed by atoms with Crippen LogP contribution in [0.3, 0.4) is 0 Å². The highest BCUT2D eigenvalue weighted by molar-refractivity contribution is 7.89. The van der Waals surface area contributed by atoms with E-state index in [9.17, 15) is 9.59 Å². The molecule has 42 heteroatoms. The molecule has 16 N–H and O–H groups in total. The summed E-state index contributed by atoms with van der Waals surface area (Å²) in [4.78, 5) is 36.5. The summed E-state index contributed by atoms with van der Waals surface area (Å²) < 4.78 is 70.3. The number of hydrogen-bond acceptors (Lipinski definition) is 30. The van der Waals surface area contributed by atoms with Crippen molar-refractivity contribution in [1.29, 1.82) is 0 Å². The normalized spacial score (nSPS) is 10.4. The smallest absolute Gasteiger partial charge is 0.390 e. The highest BCUT2D eigenvalue weighted by Gasteiger charge is 2.38. The molecule has 0 heterocycles. The lowest BCUT2D eigenvalue weighted by Gasteiger charge is -2.23. The molecule has 0 aliphatic carbocycles. The fourth-order valence-corrected chi connectivity index (χ4v) is 12.9. The summed E-state index contributed by atoms with van der Waals surface area (Å²) in [7, 11) is 21.1. The van der Waals surface area contributed by atoms with Crippen LogP contribution in [0.25, 0.3) is 0 Å². The van der Waals surface area contributed by atoms with E-state index in [1.165, 1.54) is 35.5 Å². The molecular formula is C32H100N6O18P6S6Si6. The van der Waals surface area contributed by atoms with E-state index >= 15 is 0 Å². The van der Waals surface area contributed by atoms with Crippen LogP contribution in [0.1, 0.15) is 38.5 Å². The van der Waals surface area contributed by atoms with Crippen molar-refractivity contribution in [2.45, 2.75) is 74.8 Å². The van der Waals surface area contributed by atoms with Crippen LogP contribution in [-0.2, 0) is 133 Å². The Kier molecular flexibility index (Phi) is 122. The monoisotopic (exact) mass is 1400 g/mol. The molecule has 0 radical (unpaired) electrons. The van der Waals surface area contributed by atoms with E-state index in [1.54, 1.807) is 64.0 Å². The third kappa shape index (κ3) is 73.5. The Morgan fingerprint density at radius 2 is 0.405 bits per heavy atom. The second-order valence-electron chi connectivity index (χ2n) is 12.4. The zero-order chi connectivity index (χ0) is 61.6. The van der Waals surface area contributed by atoms with Gasteiger partial charge in [-0.1, -0.05) is 70.8 Å². The van der Waals surface area contributed by atoms with Crippen molar-refractivity contribution in [1.82, 2.24) is 0 Å². The summed E-state index contributed by atoms with van der Waals surface area (Å²) in [5.74, 6) is 0. The molecule has 0 atom stereocenters. The van der Waals surface area contributed by atoms with E-state index in [1.807, 2.05) is 0 Å². The van der Waals surface area contributed by atoms with Crippen LogP contribution < -0.4 is 34.4 Å². The first-order chi connectivity index (χ1) is 35.2. The largest absolute Gasteiger partial charge is 0.500 e. The summed E-state index contributed by atoms with van der Waals surface area (Å²) in [6.07, 6.45) is 4.72. The van der Waals surface area contributed by atoms with E-state index in [2.05, 4.69) is 123 Å². The van der Waals surface area contributed by atoms with Crippen molar-refractivity contribution in [2.75, 3.05) is 139 Å². The van der Waals surface area contributed by atoms with Crippen molar-refractivity contribution in [3.8, 4) is 0 Å². The first-order valence-electron chi connectivity index (χ1n) is 21.3. The van der Waals surface area contributed by atoms with Crippen molar-refractivity contribution in [2.24, 2.45) is 34.4 Å². The predicted octanol–water partition coefficient (Wildman–Crippen LogP) is 2.21. The van der Waals surface area contributed by atoms with Crippen LogP contribution in [0.5, 0.6) is 0 Å². The van der Waals surface area contributed by atoms with E-state index in [0.29, 0.717) is 63.8 Å². The van der Waals surface area contributed by atoms with Gasteiger partial charge in [0.05, 0.1) is 0 Å². The molecule has 0 bridgehead atoms. The maximum absolute atomic E-state index is 9.40. The minimum atomic E-state index is -3.28. The van der Waals surface area contributed by atoms with Crippen molar-refractivity contribution in [3.63, 3.8) is 0 Å². The van der Waals surface area contributed by atoms with Crippen LogP contribution in [-0.4, -0.2) is 211 Å². The van der Waals surface area contributed by atoms with Gasteiger partial charge in [0, 0.05) is 136 Å². The molecule has 0 aromatic rings. The second-order valence-corrected chi connectivity index (χ2v) is 29.6. The Morgan fingerprint density at radius 3 is 0.527 bits per heavy atom. The minimum Gasteiger partial charge on any atom is -0.390 e. The lowest BCUT2D eigenvalue weighted by atomic mass is 10.5. The highest BCUT2D eigenvalue weighted by atomic mass is 32.4. The van der Waals surface area contributed by atoms with Crippen LogP contribution in [0.15, 0.2) is 0 Å². The number of nitrogens with two attached hydrogens (primary N) is 6. The molecule has 0 spiro atoms. The molecule has 0 amide bonds. The van der Waals surface area contributed by atoms with E-state index in [-0.39, 0.29) is 0 Å². The summed E-state index contributed by atoms with van der Waals surface area (Å²) in [5, 5.41) is 0. The SMILES string of the molecule is CO[Si](CCCN)(OC)OC.CO[Si](CCCN)(OC)OC.CO[Si](CCCN)(OC)OC.CO[Si](O)(CCCN)OC.CO[Si](O)(CCCN)OC.CO[Si](O)(O)CCCN.P=S.P=S.P=S.P=S.P=S.P=S. The molecule has 0 unspecified atom stereocenters. The first-order valence-corrected chi connectivity index (χ1v) is 42.8. The van der Waals surface area contributed by atoms with Crippen molar-refractivity contribution < 1.29 is 81.1 Å². The quantitative estimate of drug-likeness (QED) is 0.0341. The summed E-state index contributed by atoms with van der Waals surface area (Å²) in [6, 6.07) is 3.72. The molecule has 0 saturated carbocycles. The molecule has 0 aliphatic rings. The Balaban J connectivity index is -0.0000000598. The molecule has 0 aromatic carbocycles. The Bertz CT molecular complexity index is 928. The molecule has 0 aromatic heterocycles. The first kappa shape index (κ1) is 106. The van der Waals surface area contributed by atoms with Gasteiger partial charge in [-0.25, -0.2) is 0 Å². The Labute approximate surface area is 497 Å². The van der Waals surface area contributed by atoms with Crippen molar-refractivity contribution in [3.05, 3.63) is 0 Å². The molecule has 0 rings (SSSR count). The molecular weight excluding hydrogens is 1300 g/mol. The average molecular weight is 1400 g/mol. The van der Waals surface area contributed by atoms with Gasteiger partial charge in [-0.3, -0.25) is 0 Å². The Hall–Kier alpha value is 3.46. The molecule has 74 heavy (non-hydrogen) atoms. The van der Waals surface area contributed by atoms with Gasteiger partial charge < -0.3 is 116 Å². The summed E-state index contributed by atoms with van der Waals surface area (Å²) >= 11 is 23.3. The summed E-state index contributed by atoms with van der Waals surface area (Å²) in [6.45, 7) is 3.52. The topological polar surface area (TPSA) is 366 Å². The predicted molar refractivity (Wildman–Crippen MR) is 346 cm³/mol. The maximum Gasteiger partial charge on any atom is 0.500 e. The molecule has 0 aliphatic heterocycles. The zero-order valence-corrected chi connectivity index (χ0v) is 63.0. The van der Waals surface area contributed by atoms with E-state index in [0.717, 1.165) is 50.2 Å². The van der Waals surface area contributed by atoms with Gasteiger partial charge in [-0.05, 0) is 126 Å². The van der Waals surface area contributed by atoms with Gasteiger partial charge in [-0.15, -0.1) is 0 Å². The lowest BCUT2D eigenvalue weighted by Crippen LogP contribution is -2.42. The minimum absolute atomic E-state index is 0.292. The van der Waals surface area contributed by atoms with Gasteiger partial charge in [0.25, 0.3) is 0 Å². The fourth-order valence-electron chi connectivity index (χ4n) is 4.28. The highest BCUT2D eigenvalue weighted by Crippen LogP contribution is 2.16. The van der Waals surface area contributed by atoms with Gasteiger partial charge in [0.1, 0.15) is 0 Å². The van der Waals surface area contributed by atoms with Gasteiger partial charge in [-0.2, -0.15) is 0 Å². The van der Waals surface area contributed by atoms with Crippen LogP contribution in [0.2, 0.25) is 36.3 Å². The molecule has 0 fully saturated rings.